The van der Waals surface area contributed by atoms with E-state index in [1.165, 1.54) is 5.56 Å². The van der Waals surface area contributed by atoms with Crippen molar-refractivity contribution in [1.29, 1.82) is 0 Å². The third-order valence-corrected chi connectivity index (χ3v) is 6.65. The van der Waals surface area contributed by atoms with Gasteiger partial charge in [-0.05, 0) is 50.8 Å². The van der Waals surface area contributed by atoms with Gasteiger partial charge in [0.05, 0.1) is 6.61 Å². The van der Waals surface area contributed by atoms with Crippen LogP contribution in [0.1, 0.15) is 32.3 Å². The third-order valence-electron chi connectivity index (χ3n) is 6.39. The molecule has 0 bridgehead atoms. The number of H-pyrrole nitrogens is 1. The Morgan fingerprint density at radius 2 is 1.87 bits per heavy atom. The fourth-order valence-electron chi connectivity index (χ4n) is 4.57. The van der Waals surface area contributed by atoms with Crippen molar-refractivity contribution in [3.63, 3.8) is 0 Å². The van der Waals surface area contributed by atoms with Crippen LogP contribution >= 0.6 is 11.6 Å². The Bertz CT molecular complexity index is 1090. The Balaban J connectivity index is 0.000000532. The number of nitrogen functional groups attached to an aromatic ring is 1. The topological polar surface area (TPSA) is 150 Å². The minimum absolute atomic E-state index is 0.0384. The van der Waals surface area contributed by atoms with Gasteiger partial charge in [0.15, 0.2) is 0 Å². The summed E-state index contributed by atoms with van der Waals surface area (Å²) in [7, 11) is 0. The van der Waals surface area contributed by atoms with Gasteiger partial charge in [-0.1, -0.05) is 23.7 Å². The Morgan fingerprint density at radius 3 is 2.38 bits per heavy atom. The first kappa shape index (κ1) is 30.4. The highest BCUT2D eigenvalue weighted by molar-refractivity contribution is 6.30. The Morgan fingerprint density at radius 1 is 1.26 bits per heavy atom. The lowest BCUT2D eigenvalue weighted by molar-refractivity contribution is -0.192. The number of aliphatic carboxylic acids is 1. The van der Waals surface area contributed by atoms with E-state index in [9.17, 15) is 18.0 Å². The van der Waals surface area contributed by atoms with E-state index in [-0.39, 0.29) is 18.0 Å². The summed E-state index contributed by atoms with van der Waals surface area (Å²) in [5.74, 6) is -1.82. The molecule has 0 radical (unpaired) electrons. The summed E-state index contributed by atoms with van der Waals surface area (Å²) in [5, 5.41) is 17.7. The number of halogens is 4. The van der Waals surface area contributed by atoms with Crippen molar-refractivity contribution in [3.8, 4) is 0 Å². The van der Waals surface area contributed by atoms with Crippen LogP contribution in [-0.4, -0.2) is 93.7 Å². The molecule has 216 valence electrons. The highest BCUT2D eigenvalue weighted by Gasteiger charge is 2.39. The number of aromatic nitrogens is 3. The largest absolute Gasteiger partial charge is 0.490 e. The van der Waals surface area contributed by atoms with Crippen LogP contribution in [0.25, 0.3) is 0 Å². The van der Waals surface area contributed by atoms with Gasteiger partial charge in [-0.15, -0.1) is 5.10 Å². The van der Waals surface area contributed by atoms with Gasteiger partial charge >= 0.3 is 12.1 Å². The molecule has 2 atom stereocenters. The molecule has 2 aromatic rings. The number of carbonyl (C=O) groups is 2. The summed E-state index contributed by atoms with van der Waals surface area (Å²) in [5.41, 5.74) is 6.90. The number of piperidine rings is 1. The Labute approximate surface area is 228 Å². The van der Waals surface area contributed by atoms with E-state index in [4.69, 9.17) is 32.0 Å². The van der Waals surface area contributed by atoms with Crippen LogP contribution in [0.4, 0.5) is 25.1 Å². The van der Waals surface area contributed by atoms with Crippen LogP contribution in [0.15, 0.2) is 24.3 Å². The smallest absolute Gasteiger partial charge is 0.475 e. The average molecular weight is 576 g/mol. The van der Waals surface area contributed by atoms with Crippen molar-refractivity contribution in [3.05, 3.63) is 34.9 Å². The minimum atomic E-state index is -5.08. The number of amides is 1. The predicted molar refractivity (Wildman–Crippen MR) is 138 cm³/mol. The van der Waals surface area contributed by atoms with Gasteiger partial charge in [0, 0.05) is 42.8 Å². The summed E-state index contributed by atoms with van der Waals surface area (Å²) in [6.07, 6.45) is -2.76. The summed E-state index contributed by atoms with van der Waals surface area (Å²) >= 11 is 6.06. The molecule has 0 unspecified atom stereocenters. The highest BCUT2D eigenvalue weighted by Crippen LogP contribution is 2.27. The molecule has 0 aliphatic carbocycles. The minimum Gasteiger partial charge on any atom is -0.475 e. The van der Waals surface area contributed by atoms with E-state index in [0.29, 0.717) is 31.1 Å². The first-order valence-electron chi connectivity index (χ1n) is 12.5. The zero-order chi connectivity index (χ0) is 28.7. The summed E-state index contributed by atoms with van der Waals surface area (Å²) in [4.78, 5) is 30.4. The maximum Gasteiger partial charge on any atom is 0.490 e. The van der Waals surface area contributed by atoms with E-state index < -0.39 is 18.2 Å². The number of ether oxygens (including phenoxy) is 1. The SMILES string of the molecule is CC(C)NC(=O)[C@H]1CN(C2CCN(c3n[nH]c(N)n3)CC2)[C@@H](Cc2ccc(Cl)cc2)CO1.O=C(O)C(F)(F)F. The number of carboxylic acid groups (broad SMARTS) is 1. The molecule has 2 fully saturated rings. The number of rotatable bonds is 6. The maximum absolute atomic E-state index is 12.7. The van der Waals surface area contributed by atoms with E-state index in [1.54, 1.807) is 0 Å². The number of carboxylic acids is 1. The molecule has 2 aliphatic rings. The quantitative estimate of drug-likeness (QED) is 0.407. The first-order valence-corrected chi connectivity index (χ1v) is 12.9. The second-order valence-electron chi connectivity index (χ2n) is 9.71. The van der Waals surface area contributed by atoms with Crippen molar-refractivity contribution in [2.45, 2.75) is 63.5 Å². The number of alkyl halides is 3. The van der Waals surface area contributed by atoms with Crippen LogP contribution in [0.2, 0.25) is 5.02 Å². The van der Waals surface area contributed by atoms with E-state index >= 15 is 0 Å². The van der Waals surface area contributed by atoms with Gasteiger partial charge in [0.1, 0.15) is 6.10 Å². The summed E-state index contributed by atoms with van der Waals surface area (Å²) < 4.78 is 37.8. The Kier molecular flexibility index (Phi) is 10.4. The van der Waals surface area contributed by atoms with Gasteiger partial charge in [0.2, 0.25) is 11.9 Å². The fourth-order valence-corrected chi connectivity index (χ4v) is 4.70. The summed E-state index contributed by atoms with van der Waals surface area (Å²) in [6, 6.07) is 8.62. The molecular weight excluding hydrogens is 543 g/mol. The average Bonchev–Trinajstić information content (AvgIpc) is 3.31. The number of nitrogens with two attached hydrogens (primary N) is 1. The van der Waals surface area contributed by atoms with Gasteiger partial charge in [-0.25, -0.2) is 9.89 Å². The molecule has 1 aromatic heterocycles. The number of hydrogen-bond donors (Lipinski definition) is 4. The van der Waals surface area contributed by atoms with Crippen LogP contribution in [0.3, 0.4) is 0 Å². The van der Waals surface area contributed by atoms with Crippen molar-refractivity contribution in [1.82, 2.24) is 25.4 Å². The van der Waals surface area contributed by atoms with Crippen LogP contribution in [0, 0.1) is 0 Å². The fraction of sp³-hybridized carbons (Fsp3) is 0.583. The lowest BCUT2D eigenvalue weighted by Crippen LogP contribution is -2.60. The lowest BCUT2D eigenvalue weighted by atomic mass is 9.96. The zero-order valence-corrected chi connectivity index (χ0v) is 22.4. The first-order chi connectivity index (χ1) is 18.3. The number of nitrogens with zero attached hydrogens (tertiary/aromatic N) is 4. The number of anilines is 2. The van der Waals surface area contributed by atoms with Gasteiger partial charge in [-0.3, -0.25) is 9.69 Å². The maximum atomic E-state index is 12.7. The second kappa shape index (κ2) is 13.3. The van der Waals surface area contributed by atoms with E-state index in [0.717, 1.165) is 37.4 Å². The zero-order valence-electron chi connectivity index (χ0n) is 21.6. The third kappa shape index (κ3) is 8.97. The van der Waals surface area contributed by atoms with Crippen molar-refractivity contribution < 1.29 is 32.6 Å². The molecule has 5 N–H and O–H groups in total. The second-order valence-corrected chi connectivity index (χ2v) is 10.1. The predicted octanol–water partition coefficient (Wildman–Crippen LogP) is 2.48. The number of carbonyl (C=O) groups excluding carboxylic acids is 1. The van der Waals surface area contributed by atoms with Crippen molar-refractivity contribution in [2.24, 2.45) is 0 Å². The molecule has 1 aromatic carbocycles. The van der Waals surface area contributed by atoms with Crippen molar-refractivity contribution in [2.75, 3.05) is 36.9 Å². The standard InChI is InChI=1S/C22H32ClN7O2.C2HF3O2/c1-14(2)25-20(31)19-12-30(18(13-32-19)11-15-3-5-16(23)6-4-15)17-7-9-29(10-8-17)22-26-21(24)27-28-22;3-2(4,5)1(6)7/h3-6,14,17-19H,7-13H2,1-2H3,(H,25,31)(H3,24,26,27,28);(H,6,7)/t18-,19+;/m0./s1. The molecule has 1 amide bonds. The van der Waals surface area contributed by atoms with Gasteiger partial charge < -0.3 is 25.8 Å². The van der Waals surface area contributed by atoms with Gasteiger partial charge in [0.25, 0.3) is 5.91 Å². The molecule has 3 heterocycles. The monoisotopic (exact) mass is 575 g/mol. The molecule has 11 nitrogen and oxygen atoms in total. The molecule has 0 saturated carbocycles. The van der Waals surface area contributed by atoms with Crippen LogP contribution < -0.4 is 16.0 Å². The number of benzene rings is 1. The van der Waals surface area contributed by atoms with E-state index in [1.807, 2.05) is 26.0 Å². The molecule has 0 spiro atoms. The number of aromatic amines is 1. The summed E-state index contributed by atoms with van der Waals surface area (Å²) in [6.45, 7) is 6.73. The molecular formula is C24H33ClF3N7O4. The molecule has 2 aliphatic heterocycles. The Hall–Kier alpha value is -3.10. The molecule has 4 rings (SSSR count). The molecule has 39 heavy (non-hydrogen) atoms. The molecule has 2 saturated heterocycles. The number of morpholine rings is 1. The van der Waals surface area contributed by atoms with Gasteiger partial charge in [-0.2, -0.15) is 18.2 Å². The normalized spacial score (nSPS) is 20.8. The van der Waals surface area contributed by atoms with E-state index in [2.05, 4.69) is 42.4 Å². The van der Waals surface area contributed by atoms with Crippen LogP contribution in [-0.2, 0) is 20.7 Å². The highest BCUT2D eigenvalue weighted by atomic mass is 35.5. The molecule has 15 heteroatoms. The van der Waals surface area contributed by atoms with Crippen molar-refractivity contribution >= 4 is 35.4 Å². The van der Waals surface area contributed by atoms with Crippen LogP contribution in [0.5, 0.6) is 0 Å². The number of nitrogens with one attached hydrogen (secondary N) is 2. The lowest BCUT2D eigenvalue weighted by Gasteiger charge is -2.46. The number of hydrogen-bond acceptors (Lipinski definition) is 8.